The molecule has 0 fully saturated rings. The van der Waals surface area contributed by atoms with Crippen molar-refractivity contribution in [2.24, 2.45) is 0 Å². The van der Waals surface area contributed by atoms with Gasteiger partial charge in [0.25, 0.3) is 0 Å². The van der Waals surface area contributed by atoms with E-state index >= 15 is 4.39 Å². The Balaban J connectivity index is 1.50. The van der Waals surface area contributed by atoms with Gasteiger partial charge >= 0.3 is 5.76 Å². The predicted octanol–water partition coefficient (Wildman–Crippen LogP) is 4.71. The topological polar surface area (TPSA) is 65.8 Å². The van der Waals surface area contributed by atoms with Crippen LogP contribution < -0.4 is 5.76 Å². The number of benzene rings is 3. The Morgan fingerprint density at radius 3 is 2.56 bits per heavy atom. The minimum atomic E-state index is -0.585. The summed E-state index contributed by atoms with van der Waals surface area (Å²) in [4.78, 5) is 13.9. The number of hydrogen-bond donors (Lipinski definition) is 0. The molecule has 7 heteroatoms. The molecular weight excluding hydrogens is 407 g/mol. The smallest absolute Gasteiger partial charge is 0.408 e. The minimum Gasteiger partial charge on any atom is -0.408 e. The number of halogens is 1. The van der Waals surface area contributed by atoms with Crippen LogP contribution in [0.1, 0.15) is 22.3 Å². The first-order valence-electron chi connectivity index (χ1n) is 10.3. The molecule has 5 aromatic rings. The lowest BCUT2D eigenvalue weighted by Crippen LogP contribution is -2.16. The van der Waals surface area contributed by atoms with E-state index in [1.165, 1.54) is 9.36 Å². The normalized spacial score (nSPS) is 11.3. The first-order valence-corrected chi connectivity index (χ1v) is 10.3. The maximum Gasteiger partial charge on any atom is 0.420 e. The lowest BCUT2D eigenvalue weighted by molar-refractivity contribution is 0.517. The third-order valence-electron chi connectivity index (χ3n) is 5.68. The number of fused-ring (bicyclic) bond motifs is 1. The lowest BCUT2D eigenvalue weighted by Gasteiger charge is -2.08. The average Bonchev–Trinajstić information content (AvgIpc) is 3.38. The van der Waals surface area contributed by atoms with E-state index < -0.39 is 11.6 Å². The summed E-state index contributed by atoms with van der Waals surface area (Å²) < 4.78 is 22.2. The Bertz CT molecular complexity index is 1480. The molecule has 0 saturated heterocycles. The van der Waals surface area contributed by atoms with Crippen LogP contribution in [0.25, 0.3) is 22.4 Å². The summed E-state index contributed by atoms with van der Waals surface area (Å²) in [5, 5.41) is 8.73. The van der Waals surface area contributed by atoms with Crippen LogP contribution >= 0.6 is 0 Å². The molecule has 0 aliphatic heterocycles. The van der Waals surface area contributed by atoms with E-state index in [1.807, 2.05) is 62.4 Å². The predicted molar refractivity (Wildman–Crippen MR) is 120 cm³/mol. The van der Waals surface area contributed by atoms with Crippen LogP contribution in [0.3, 0.4) is 0 Å². The zero-order chi connectivity index (χ0) is 22.2. The molecule has 0 saturated carbocycles. The molecule has 32 heavy (non-hydrogen) atoms. The third kappa shape index (κ3) is 3.62. The van der Waals surface area contributed by atoms with Crippen LogP contribution in [-0.4, -0.2) is 19.6 Å². The Hall–Kier alpha value is -4.00. The number of aryl methyl sites for hydroxylation is 2. The van der Waals surface area contributed by atoms with Crippen molar-refractivity contribution in [2.45, 2.75) is 26.9 Å². The van der Waals surface area contributed by atoms with Crippen LogP contribution in [0.2, 0.25) is 0 Å². The molecule has 0 N–H and O–H groups in total. The molecule has 3 aromatic carbocycles. The molecule has 2 aromatic heterocycles. The van der Waals surface area contributed by atoms with Crippen LogP contribution in [0.4, 0.5) is 4.39 Å². The molecule has 0 aliphatic carbocycles. The van der Waals surface area contributed by atoms with Crippen molar-refractivity contribution in [3.05, 3.63) is 105 Å². The maximum absolute atomic E-state index is 15.5. The molecule has 0 unspecified atom stereocenters. The molecular formula is C25H21FN4O2. The highest BCUT2D eigenvalue weighted by Gasteiger charge is 2.18. The van der Waals surface area contributed by atoms with Gasteiger partial charge in [0, 0.05) is 11.1 Å². The molecule has 0 aliphatic rings. The van der Waals surface area contributed by atoms with Gasteiger partial charge in [-0.1, -0.05) is 54.6 Å². The van der Waals surface area contributed by atoms with Gasteiger partial charge in [-0.2, -0.15) is 15.0 Å². The molecule has 0 bridgehead atoms. The summed E-state index contributed by atoms with van der Waals surface area (Å²) in [5.74, 6) is -1.09. The fourth-order valence-electron chi connectivity index (χ4n) is 3.78. The number of oxazole rings is 1. The van der Waals surface area contributed by atoms with E-state index in [1.54, 1.807) is 18.3 Å². The van der Waals surface area contributed by atoms with Gasteiger partial charge in [0.1, 0.15) is 11.2 Å². The second kappa shape index (κ2) is 7.92. The summed E-state index contributed by atoms with van der Waals surface area (Å²) in [5.41, 5.74) is 5.58. The van der Waals surface area contributed by atoms with Crippen molar-refractivity contribution >= 4 is 11.1 Å². The number of rotatable bonds is 5. The van der Waals surface area contributed by atoms with Crippen molar-refractivity contribution in [3.8, 4) is 11.3 Å². The number of hydrogen-bond acceptors (Lipinski definition) is 4. The van der Waals surface area contributed by atoms with Gasteiger partial charge in [0.2, 0.25) is 0 Å². The first-order chi connectivity index (χ1) is 15.5. The van der Waals surface area contributed by atoms with Gasteiger partial charge < -0.3 is 4.42 Å². The Morgan fingerprint density at radius 2 is 1.78 bits per heavy atom. The zero-order valence-corrected chi connectivity index (χ0v) is 17.7. The quantitative estimate of drug-likeness (QED) is 0.407. The summed E-state index contributed by atoms with van der Waals surface area (Å²) in [7, 11) is 0. The van der Waals surface area contributed by atoms with Crippen molar-refractivity contribution in [1.29, 1.82) is 0 Å². The van der Waals surface area contributed by atoms with E-state index in [2.05, 4.69) is 10.2 Å². The molecule has 0 amide bonds. The van der Waals surface area contributed by atoms with Crippen LogP contribution in [0, 0.1) is 19.7 Å². The minimum absolute atomic E-state index is 0.137. The van der Waals surface area contributed by atoms with Gasteiger partial charge in [0.15, 0.2) is 11.4 Å². The standard InChI is InChI=1S/C25H21FN4O2/c1-16-8-9-18(12-17(16)2)14-29-24-22(32-25(29)31)11-10-20(23(24)26)15-30-27-13-21(28-30)19-6-4-3-5-7-19/h3-13H,14-15H2,1-2H3. The van der Waals surface area contributed by atoms with Crippen LogP contribution in [0.15, 0.2) is 76.1 Å². The van der Waals surface area contributed by atoms with Gasteiger partial charge in [-0.15, -0.1) is 0 Å². The summed E-state index contributed by atoms with van der Waals surface area (Å²) in [6.45, 7) is 4.40. The molecule has 6 nitrogen and oxygen atoms in total. The van der Waals surface area contributed by atoms with Gasteiger partial charge in [0.05, 0.1) is 19.3 Å². The molecule has 0 spiro atoms. The lowest BCUT2D eigenvalue weighted by atomic mass is 10.1. The fraction of sp³-hybridized carbons (Fsp3) is 0.160. The highest BCUT2D eigenvalue weighted by atomic mass is 19.1. The van der Waals surface area contributed by atoms with Crippen LogP contribution in [0.5, 0.6) is 0 Å². The fourth-order valence-corrected chi connectivity index (χ4v) is 3.78. The highest BCUT2D eigenvalue weighted by molar-refractivity contribution is 5.75. The second-order valence-corrected chi connectivity index (χ2v) is 7.88. The van der Waals surface area contributed by atoms with Crippen molar-refractivity contribution in [1.82, 2.24) is 19.6 Å². The zero-order valence-electron chi connectivity index (χ0n) is 17.7. The molecule has 2 heterocycles. The summed E-state index contributed by atoms with van der Waals surface area (Å²) >= 11 is 0. The van der Waals surface area contributed by atoms with E-state index in [4.69, 9.17) is 4.42 Å². The third-order valence-corrected chi connectivity index (χ3v) is 5.68. The molecule has 5 rings (SSSR count). The van der Waals surface area contributed by atoms with Crippen molar-refractivity contribution < 1.29 is 8.81 Å². The van der Waals surface area contributed by atoms with Gasteiger partial charge in [-0.25, -0.2) is 9.18 Å². The Kier molecular flexibility index (Phi) is 4.93. The van der Waals surface area contributed by atoms with E-state index in [0.717, 1.165) is 22.3 Å². The maximum atomic E-state index is 15.5. The van der Waals surface area contributed by atoms with E-state index in [-0.39, 0.29) is 24.2 Å². The van der Waals surface area contributed by atoms with Crippen molar-refractivity contribution in [3.63, 3.8) is 0 Å². The average molecular weight is 428 g/mol. The molecule has 160 valence electrons. The number of aromatic nitrogens is 4. The molecule has 0 atom stereocenters. The van der Waals surface area contributed by atoms with Crippen molar-refractivity contribution in [2.75, 3.05) is 0 Å². The SMILES string of the molecule is Cc1ccc(Cn2c(=O)oc3ccc(Cn4ncc(-c5ccccc5)n4)c(F)c32)cc1C. The summed E-state index contributed by atoms with van der Waals surface area (Å²) in [6, 6.07) is 18.8. The Labute approximate surface area is 183 Å². The summed E-state index contributed by atoms with van der Waals surface area (Å²) in [6.07, 6.45) is 1.65. The monoisotopic (exact) mass is 428 g/mol. The van der Waals surface area contributed by atoms with Gasteiger partial charge in [-0.3, -0.25) is 4.57 Å². The van der Waals surface area contributed by atoms with Gasteiger partial charge in [-0.05, 0) is 36.6 Å². The van der Waals surface area contributed by atoms with E-state index in [9.17, 15) is 4.79 Å². The number of nitrogens with zero attached hydrogens (tertiary/aromatic N) is 4. The highest BCUT2D eigenvalue weighted by Crippen LogP contribution is 2.23. The molecule has 0 radical (unpaired) electrons. The Morgan fingerprint density at radius 1 is 0.969 bits per heavy atom. The largest absolute Gasteiger partial charge is 0.420 e. The second-order valence-electron chi connectivity index (χ2n) is 7.88. The van der Waals surface area contributed by atoms with E-state index in [0.29, 0.717) is 11.3 Å². The van der Waals surface area contributed by atoms with Crippen LogP contribution in [-0.2, 0) is 13.1 Å². The first kappa shape index (κ1) is 19.9.